The van der Waals surface area contributed by atoms with Gasteiger partial charge in [0.15, 0.2) is 5.84 Å². The highest BCUT2D eigenvalue weighted by molar-refractivity contribution is 8.13. The van der Waals surface area contributed by atoms with Crippen LogP contribution in [0.15, 0.2) is 74.9 Å². The van der Waals surface area contributed by atoms with Crippen molar-refractivity contribution in [2.75, 3.05) is 6.26 Å². The Kier molecular flexibility index (Phi) is 7.28. The topological polar surface area (TPSA) is 68.1 Å². The van der Waals surface area contributed by atoms with Crippen LogP contribution in [-0.2, 0) is 14.8 Å². The highest BCUT2D eigenvalue weighted by atomic mass is 32.2. The molecule has 1 fully saturated rings. The largest absolute Gasteiger partial charge is 0.469 e. The number of rotatable bonds is 4. The summed E-state index contributed by atoms with van der Waals surface area (Å²) in [5.41, 5.74) is 0.626. The highest BCUT2D eigenvalue weighted by Gasteiger charge is 2.19. The lowest BCUT2D eigenvalue weighted by atomic mass is 9.98. The third-order valence-electron chi connectivity index (χ3n) is 4.47. The Bertz CT molecular complexity index is 921. The van der Waals surface area contributed by atoms with Crippen LogP contribution in [0.25, 0.3) is 0 Å². The molecule has 0 unspecified atom stereocenters. The van der Waals surface area contributed by atoms with Crippen molar-refractivity contribution in [1.29, 1.82) is 0 Å². The van der Waals surface area contributed by atoms with E-state index in [1.165, 1.54) is 30.3 Å². The lowest BCUT2D eigenvalue weighted by Crippen LogP contribution is -2.20. The Hall–Kier alpha value is -2.12. The quantitative estimate of drug-likeness (QED) is 0.526. The number of benzene rings is 2. The summed E-state index contributed by atoms with van der Waals surface area (Å²) in [4.78, 5) is 4.63. The summed E-state index contributed by atoms with van der Waals surface area (Å²) in [5.74, 6) is 0.129. The molecule has 0 spiro atoms. The molecule has 28 heavy (non-hydrogen) atoms. The van der Waals surface area contributed by atoms with Gasteiger partial charge in [0.2, 0.25) is 0 Å². The Labute approximate surface area is 171 Å². The first-order valence-corrected chi connectivity index (χ1v) is 12.0. The molecular formula is C21H24N2O3S2. The van der Waals surface area contributed by atoms with E-state index in [0.29, 0.717) is 10.8 Å². The number of hydrogen-bond donors (Lipinski definition) is 0. The van der Waals surface area contributed by atoms with Gasteiger partial charge in [-0.25, -0.2) is 0 Å². The molecule has 2 aromatic rings. The zero-order valence-electron chi connectivity index (χ0n) is 15.8. The maximum atomic E-state index is 12.8. The van der Waals surface area contributed by atoms with Crippen LogP contribution in [0.5, 0.6) is 0 Å². The molecule has 0 atom stereocenters. The smallest absolute Gasteiger partial charge is 0.284 e. The number of nitrogens with zero attached hydrogens (tertiary/aromatic N) is 2. The fourth-order valence-electron chi connectivity index (χ4n) is 3.02. The molecule has 1 aliphatic rings. The number of ether oxygens (including phenoxy) is 1. The molecule has 7 heteroatoms. The highest BCUT2D eigenvalue weighted by Crippen LogP contribution is 2.23. The van der Waals surface area contributed by atoms with Gasteiger partial charge >= 0.3 is 0 Å². The molecule has 0 radical (unpaired) electrons. The molecule has 3 rings (SSSR count). The first kappa shape index (κ1) is 20.6. The minimum Gasteiger partial charge on any atom is -0.469 e. The van der Waals surface area contributed by atoms with E-state index < -0.39 is 10.0 Å². The SMILES string of the molecule is CSC(=N/C(=N/S(=O)(=O)c1ccccc1)c1ccccc1)OC1CCCCC1. The Morgan fingerprint density at radius 1 is 0.964 bits per heavy atom. The van der Waals surface area contributed by atoms with E-state index in [9.17, 15) is 8.42 Å². The van der Waals surface area contributed by atoms with Crippen LogP contribution in [0.3, 0.4) is 0 Å². The molecule has 0 amide bonds. The van der Waals surface area contributed by atoms with Gasteiger partial charge in [0.1, 0.15) is 6.10 Å². The van der Waals surface area contributed by atoms with E-state index in [4.69, 9.17) is 4.74 Å². The molecular weight excluding hydrogens is 392 g/mol. The summed E-state index contributed by atoms with van der Waals surface area (Å²) >= 11 is 1.36. The minimum absolute atomic E-state index is 0.128. The van der Waals surface area contributed by atoms with E-state index in [1.54, 1.807) is 30.3 Å². The Morgan fingerprint density at radius 2 is 1.57 bits per heavy atom. The van der Waals surface area contributed by atoms with E-state index >= 15 is 0 Å². The Balaban J connectivity index is 1.97. The monoisotopic (exact) mass is 416 g/mol. The van der Waals surface area contributed by atoms with Crippen molar-refractivity contribution in [3.05, 3.63) is 66.2 Å². The van der Waals surface area contributed by atoms with Crippen LogP contribution >= 0.6 is 11.8 Å². The zero-order chi connectivity index (χ0) is 19.8. The van der Waals surface area contributed by atoms with Gasteiger partial charge in [0.05, 0.1) is 4.90 Å². The van der Waals surface area contributed by atoms with E-state index in [1.807, 2.05) is 24.5 Å². The van der Waals surface area contributed by atoms with Gasteiger partial charge in [-0.05, 0) is 44.1 Å². The second-order valence-corrected chi connectivity index (χ2v) is 8.89. The van der Waals surface area contributed by atoms with Gasteiger partial charge < -0.3 is 4.74 Å². The van der Waals surface area contributed by atoms with Crippen LogP contribution in [0, 0.1) is 0 Å². The fraction of sp³-hybridized carbons (Fsp3) is 0.333. The maximum absolute atomic E-state index is 12.8. The fourth-order valence-corrected chi connectivity index (χ4v) is 4.41. The Morgan fingerprint density at radius 3 is 2.18 bits per heavy atom. The second kappa shape index (κ2) is 9.89. The first-order valence-electron chi connectivity index (χ1n) is 9.33. The number of thioether (sulfide) groups is 1. The molecule has 0 aliphatic heterocycles. The van der Waals surface area contributed by atoms with E-state index in [0.717, 1.165) is 25.7 Å². The first-order chi connectivity index (χ1) is 13.6. The average molecular weight is 417 g/mol. The van der Waals surface area contributed by atoms with Gasteiger partial charge in [-0.2, -0.15) is 13.4 Å². The zero-order valence-corrected chi connectivity index (χ0v) is 17.5. The summed E-state index contributed by atoms with van der Waals surface area (Å²) in [6, 6.07) is 17.3. The minimum atomic E-state index is -3.88. The van der Waals surface area contributed by atoms with Gasteiger partial charge in [0, 0.05) is 5.56 Å². The molecule has 0 bridgehead atoms. The van der Waals surface area contributed by atoms with Crippen LogP contribution in [-0.4, -0.2) is 31.8 Å². The van der Waals surface area contributed by atoms with Crippen molar-refractivity contribution in [2.45, 2.75) is 43.1 Å². The molecule has 148 valence electrons. The second-order valence-electron chi connectivity index (χ2n) is 6.53. The van der Waals surface area contributed by atoms with Crippen LogP contribution in [0.2, 0.25) is 0 Å². The molecule has 0 aromatic heterocycles. The number of amidine groups is 1. The van der Waals surface area contributed by atoms with E-state index in [-0.39, 0.29) is 16.8 Å². The molecule has 2 aromatic carbocycles. The third-order valence-corrected chi connectivity index (χ3v) is 6.29. The van der Waals surface area contributed by atoms with Gasteiger partial charge in [-0.15, -0.1) is 4.40 Å². The molecule has 0 N–H and O–H groups in total. The normalized spacial score (nSPS) is 16.8. The average Bonchev–Trinajstić information content (AvgIpc) is 2.74. The third kappa shape index (κ3) is 5.69. The van der Waals surface area contributed by atoms with Crippen molar-refractivity contribution in [3.63, 3.8) is 0 Å². The number of hydrogen-bond acceptors (Lipinski definition) is 4. The standard InChI is InChI=1S/C21H24N2O3S2/c1-27-21(26-18-13-7-3-8-14-18)22-20(17-11-5-2-6-12-17)23-28(24,25)19-15-9-4-10-16-19/h2,4-6,9-12,15-16,18H,3,7-8,13-14H2,1H3/b22-21?,23-20+. The lowest BCUT2D eigenvalue weighted by molar-refractivity contribution is 0.149. The molecule has 1 saturated carbocycles. The lowest BCUT2D eigenvalue weighted by Gasteiger charge is -2.23. The molecule has 0 saturated heterocycles. The van der Waals surface area contributed by atoms with Crippen molar-refractivity contribution in [2.24, 2.45) is 9.39 Å². The van der Waals surface area contributed by atoms with Gasteiger partial charge in [-0.1, -0.05) is 66.7 Å². The molecule has 1 aliphatic carbocycles. The summed E-state index contributed by atoms with van der Waals surface area (Å²) in [7, 11) is -3.88. The van der Waals surface area contributed by atoms with Crippen molar-refractivity contribution in [1.82, 2.24) is 0 Å². The van der Waals surface area contributed by atoms with Crippen molar-refractivity contribution in [3.8, 4) is 0 Å². The molecule has 5 nitrogen and oxygen atoms in total. The number of sulfonamides is 1. The summed E-state index contributed by atoms with van der Waals surface area (Å²) < 4.78 is 35.6. The van der Waals surface area contributed by atoms with Crippen LogP contribution < -0.4 is 0 Å². The maximum Gasteiger partial charge on any atom is 0.284 e. The van der Waals surface area contributed by atoms with Crippen LogP contribution in [0.4, 0.5) is 0 Å². The van der Waals surface area contributed by atoms with E-state index in [2.05, 4.69) is 9.39 Å². The predicted octanol–water partition coefficient (Wildman–Crippen LogP) is 4.89. The van der Waals surface area contributed by atoms with Gasteiger partial charge in [0.25, 0.3) is 15.3 Å². The van der Waals surface area contributed by atoms with Gasteiger partial charge in [-0.3, -0.25) is 0 Å². The predicted molar refractivity (Wildman–Crippen MR) is 116 cm³/mol. The van der Waals surface area contributed by atoms with Crippen LogP contribution in [0.1, 0.15) is 37.7 Å². The number of aliphatic imine (C=N–C) groups is 1. The summed E-state index contributed by atoms with van der Waals surface area (Å²) in [6.07, 6.45) is 7.53. The summed E-state index contributed by atoms with van der Waals surface area (Å²) in [6.45, 7) is 0. The summed E-state index contributed by atoms with van der Waals surface area (Å²) in [5, 5.41) is 0.442. The van der Waals surface area contributed by atoms with Crippen molar-refractivity contribution >= 4 is 32.9 Å². The van der Waals surface area contributed by atoms with Crippen molar-refractivity contribution < 1.29 is 13.2 Å². The molecule has 0 heterocycles.